The van der Waals surface area contributed by atoms with Gasteiger partial charge in [-0.25, -0.2) is 0 Å². The van der Waals surface area contributed by atoms with E-state index < -0.39 is 0 Å². The normalized spacial score (nSPS) is 10.5. The molecule has 78 valence electrons. The van der Waals surface area contributed by atoms with Crippen LogP contribution in [0.2, 0.25) is 0 Å². The predicted molar refractivity (Wildman–Crippen MR) is 58.7 cm³/mol. The van der Waals surface area contributed by atoms with Crippen LogP contribution in [0.5, 0.6) is 0 Å². The van der Waals surface area contributed by atoms with Crippen LogP contribution >= 0.6 is 0 Å². The molecule has 0 N–H and O–H groups in total. The van der Waals surface area contributed by atoms with Crippen LogP contribution in [-0.2, 0) is 16.1 Å². The molecule has 2 aromatic rings. The minimum atomic E-state index is -0.228. The van der Waals surface area contributed by atoms with Gasteiger partial charge in [-0.2, -0.15) is 0 Å². The Hall–Kier alpha value is -1.77. The van der Waals surface area contributed by atoms with Crippen LogP contribution in [0.1, 0.15) is 5.56 Å². The zero-order valence-electron chi connectivity index (χ0n) is 8.86. The van der Waals surface area contributed by atoms with E-state index in [4.69, 9.17) is 0 Å². The van der Waals surface area contributed by atoms with Crippen LogP contribution in [-0.4, -0.2) is 17.6 Å². The van der Waals surface area contributed by atoms with Gasteiger partial charge in [0, 0.05) is 11.7 Å². The molecule has 0 fully saturated rings. The molecule has 0 unspecified atom stereocenters. The lowest BCUT2D eigenvalue weighted by molar-refractivity contribution is -0.141. The molecule has 3 nitrogen and oxygen atoms in total. The molecule has 1 aromatic carbocycles. The third-order valence-electron chi connectivity index (χ3n) is 2.46. The molecule has 15 heavy (non-hydrogen) atoms. The second-order valence-corrected chi connectivity index (χ2v) is 3.58. The Morgan fingerprint density at radius 1 is 1.40 bits per heavy atom. The molecule has 2 rings (SSSR count). The van der Waals surface area contributed by atoms with Crippen molar-refractivity contribution < 1.29 is 9.53 Å². The van der Waals surface area contributed by atoms with Crippen molar-refractivity contribution in [2.45, 2.75) is 13.5 Å². The van der Waals surface area contributed by atoms with Crippen molar-refractivity contribution in [1.82, 2.24) is 4.57 Å². The minimum Gasteiger partial charge on any atom is -0.468 e. The summed E-state index contributed by atoms with van der Waals surface area (Å²) in [6, 6.07) is 8.18. The maximum atomic E-state index is 11.2. The van der Waals surface area contributed by atoms with E-state index in [0.29, 0.717) is 0 Å². The molecular weight excluding hydrogens is 190 g/mol. The summed E-state index contributed by atoms with van der Waals surface area (Å²) in [7, 11) is 1.40. The zero-order chi connectivity index (χ0) is 10.8. The van der Waals surface area contributed by atoms with Crippen molar-refractivity contribution in [3.63, 3.8) is 0 Å². The number of carbonyl (C=O) groups excluding carboxylic acids is 1. The fraction of sp³-hybridized carbons (Fsp3) is 0.250. The summed E-state index contributed by atoms with van der Waals surface area (Å²) < 4.78 is 6.54. The topological polar surface area (TPSA) is 31.2 Å². The smallest absolute Gasteiger partial charge is 0.325 e. The first-order valence-corrected chi connectivity index (χ1v) is 4.83. The van der Waals surface area contributed by atoms with Crippen LogP contribution in [0.3, 0.4) is 0 Å². The van der Waals surface area contributed by atoms with Crippen molar-refractivity contribution in [3.05, 3.63) is 36.0 Å². The van der Waals surface area contributed by atoms with E-state index in [2.05, 4.69) is 22.9 Å². The summed E-state index contributed by atoms with van der Waals surface area (Å²) in [6.07, 6.45) is 1.90. The maximum Gasteiger partial charge on any atom is 0.325 e. The zero-order valence-corrected chi connectivity index (χ0v) is 8.86. The standard InChI is InChI=1S/C12H13NO2/c1-9-3-4-10-5-6-13(11(10)7-9)8-12(14)15-2/h3-7H,8H2,1-2H3. The van der Waals surface area contributed by atoms with Gasteiger partial charge < -0.3 is 9.30 Å². The van der Waals surface area contributed by atoms with Crippen molar-refractivity contribution in [2.75, 3.05) is 7.11 Å². The Morgan fingerprint density at radius 2 is 2.20 bits per heavy atom. The third-order valence-corrected chi connectivity index (χ3v) is 2.46. The monoisotopic (exact) mass is 203 g/mol. The molecule has 0 aliphatic rings. The van der Waals surface area contributed by atoms with E-state index >= 15 is 0 Å². The summed E-state index contributed by atoms with van der Waals surface area (Å²) in [6.45, 7) is 2.30. The maximum absolute atomic E-state index is 11.2. The molecule has 0 aliphatic heterocycles. The van der Waals surface area contributed by atoms with Gasteiger partial charge in [-0.1, -0.05) is 12.1 Å². The van der Waals surface area contributed by atoms with Gasteiger partial charge in [0.1, 0.15) is 6.54 Å². The van der Waals surface area contributed by atoms with E-state index in [9.17, 15) is 4.79 Å². The Bertz CT molecular complexity index is 499. The third kappa shape index (κ3) is 1.86. The van der Waals surface area contributed by atoms with Gasteiger partial charge in [0.2, 0.25) is 0 Å². The van der Waals surface area contributed by atoms with Crippen LogP contribution in [0, 0.1) is 6.92 Å². The number of benzene rings is 1. The second-order valence-electron chi connectivity index (χ2n) is 3.58. The lowest BCUT2D eigenvalue weighted by atomic mass is 10.2. The number of hydrogen-bond donors (Lipinski definition) is 0. The van der Waals surface area contributed by atoms with E-state index in [0.717, 1.165) is 10.9 Å². The number of nitrogens with zero attached hydrogens (tertiary/aromatic N) is 1. The molecule has 3 heteroatoms. The Balaban J connectivity index is 2.43. The lowest BCUT2D eigenvalue weighted by Crippen LogP contribution is -2.10. The van der Waals surface area contributed by atoms with Gasteiger partial charge in [0.05, 0.1) is 7.11 Å². The number of aryl methyl sites for hydroxylation is 1. The highest BCUT2D eigenvalue weighted by Gasteiger charge is 2.05. The SMILES string of the molecule is COC(=O)Cn1ccc2ccc(C)cc21. The van der Waals surface area contributed by atoms with Gasteiger partial charge in [-0.3, -0.25) is 4.79 Å². The van der Waals surface area contributed by atoms with Gasteiger partial charge in [0.25, 0.3) is 0 Å². The number of hydrogen-bond acceptors (Lipinski definition) is 2. The van der Waals surface area contributed by atoms with Crippen LogP contribution < -0.4 is 0 Å². The summed E-state index contributed by atoms with van der Waals surface area (Å²) >= 11 is 0. The lowest BCUT2D eigenvalue weighted by Gasteiger charge is -2.03. The number of aromatic nitrogens is 1. The fourth-order valence-electron chi connectivity index (χ4n) is 1.64. The summed E-state index contributed by atoms with van der Waals surface area (Å²) in [5, 5.41) is 1.14. The molecule has 0 aliphatic carbocycles. The van der Waals surface area contributed by atoms with Gasteiger partial charge in [0.15, 0.2) is 0 Å². The summed E-state index contributed by atoms with van der Waals surface area (Å²) in [5.41, 5.74) is 2.26. The van der Waals surface area contributed by atoms with Crippen LogP contribution in [0.15, 0.2) is 30.5 Å². The molecule has 1 aromatic heterocycles. The number of esters is 1. The molecule has 0 spiro atoms. The van der Waals surface area contributed by atoms with Gasteiger partial charge >= 0.3 is 5.97 Å². The first-order chi connectivity index (χ1) is 7.20. The van der Waals surface area contributed by atoms with Crippen molar-refractivity contribution in [2.24, 2.45) is 0 Å². The van der Waals surface area contributed by atoms with E-state index in [1.165, 1.54) is 12.7 Å². The first-order valence-electron chi connectivity index (χ1n) is 4.83. The molecule has 1 heterocycles. The number of rotatable bonds is 2. The number of carbonyl (C=O) groups is 1. The first kappa shape index (κ1) is 9.77. The largest absolute Gasteiger partial charge is 0.468 e. The Kier molecular flexibility index (Phi) is 2.46. The predicted octanol–water partition coefficient (Wildman–Crippen LogP) is 2.12. The number of methoxy groups -OCH3 is 1. The summed E-state index contributed by atoms with van der Waals surface area (Å²) in [5.74, 6) is -0.228. The van der Waals surface area contributed by atoms with Crippen molar-refractivity contribution in [3.8, 4) is 0 Å². The highest BCUT2D eigenvalue weighted by atomic mass is 16.5. The Morgan fingerprint density at radius 3 is 2.93 bits per heavy atom. The average molecular weight is 203 g/mol. The van der Waals surface area contributed by atoms with Gasteiger partial charge in [-0.05, 0) is 30.0 Å². The minimum absolute atomic E-state index is 0.228. The molecular formula is C12H13NO2. The average Bonchev–Trinajstić information content (AvgIpc) is 2.61. The van der Waals surface area contributed by atoms with E-state index in [1.807, 2.05) is 23.8 Å². The molecule has 0 atom stereocenters. The number of ether oxygens (including phenoxy) is 1. The second kappa shape index (κ2) is 3.77. The Labute approximate surface area is 88.3 Å². The quantitative estimate of drug-likeness (QED) is 0.700. The van der Waals surface area contributed by atoms with Crippen LogP contribution in [0.4, 0.5) is 0 Å². The van der Waals surface area contributed by atoms with E-state index in [-0.39, 0.29) is 12.5 Å². The van der Waals surface area contributed by atoms with Crippen LogP contribution in [0.25, 0.3) is 10.9 Å². The van der Waals surface area contributed by atoms with Gasteiger partial charge in [-0.15, -0.1) is 0 Å². The molecule has 0 amide bonds. The molecule has 0 bridgehead atoms. The molecule has 0 saturated carbocycles. The highest BCUT2D eigenvalue weighted by molar-refractivity contribution is 5.82. The van der Waals surface area contributed by atoms with Crippen molar-refractivity contribution in [1.29, 1.82) is 0 Å². The van der Waals surface area contributed by atoms with Crippen molar-refractivity contribution >= 4 is 16.9 Å². The van der Waals surface area contributed by atoms with E-state index in [1.54, 1.807) is 0 Å². The molecule has 0 saturated heterocycles. The summed E-state index contributed by atoms with van der Waals surface area (Å²) in [4.78, 5) is 11.2. The highest BCUT2D eigenvalue weighted by Crippen LogP contribution is 2.17. The number of fused-ring (bicyclic) bond motifs is 1. The fourth-order valence-corrected chi connectivity index (χ4v) is 1.64. The molecule has 0 radical (unpaired) electrons.